The molecule has 0 unspecified atom stereocenters. The maximum atomic E-state index is 5.61. The molecule has 6 nitrogen and oxygen atoms in total. The number of aromatic nitrogens is 3. The number of anilines is 1. The van der Waals surface area contributed by atoms with Gasteiger partial charge in [-0.15, -0.1) is 0 Å². The van der Waals surface area contributed by atoms with Crippen molar-refractivity contribution in [1.29, 1.82) is 0 Å². The van der Waals surface area contributed by atoms with Crippen molar-refractivity contribution in [2.24, 2.45) is 0 Å². The highest BCUT2D eigenvalue weighted by Gasteiger charge is 2.25. The highest BCUT2D eigenvalue weighted by molar-refractivity contribution is 5.84. The lowest BCUT2D eigenvalue weighted by atomic mass is 10.1. The molecule has 6 heteroatoms. The van der Waals surface area contributed by atoms with E-state index in [0.717, 1.165) is 72.5 Å². The molecule has 3 heterocycles. The number of ether oxygens (including phenoxy) is 1. The molecule has 0 spiro atoms. The Morgan fingerprint density at radius 2 is 1.93 bits per heavy atom. The minimum Gasteiger partial charge on any atom is -0.496 e. The maximum absolute atomic E-state index is 5.61. The fraction of sp³-hybridized carbons (Fsp3) is 0.391. The summed E-state index contributed by atoms with van der Waals surface area (Å²) in [5, 5.41) is 4.88. The van der Waals surface area contributed by atoms with E-state index in [0.29, 0.717) is 0 Å². The first-order valence-corrected chi connectivity index (χ1v) is 10.2. The lowest BCUT2D eigenvalue weighted by Crippen LogP contribution is -3.15. The Bertz CT molecular complexity index is 1050. The summed E-state index contributed by atoms with van der Waals surface area (Å²) >= 11 is 0. The van der Waals surface area contributed by atoms with Crippen LogP contribution < -0.4 is 14.5 Å². The number of benzene rings is 1. The van der Waals surface area contributed by atoms with Crippen LogP contribution >= 0.6 is 0 Å². The van der Waals surface area contributed by atoms with Gasteiger partial charge >= 0.3 is 0 Å². The molecule has 2 aromatic heterocycles. The zero-order valence-corrected chi connectivity index (χ0v) is 17.8. The van der Waals surface area contributed by atoms with Gasteiger partial charge in [-0.1, -0.05) is 24.8 Å². The predicted molar refractivity (Wildman–Crippen MR) is 117 cm³/mol. The molecule has 1 saturated heterocycles. The van der Waals surface area contributed by atoms with E-state index < -0.39 is 0 Å². The van der Waals surface area contributed by atoms with Gasteiger partial charge in [0.05, 0.1) is 51.1 Å². The summed E-state index contributed by atoms with van der Waals surface area (Å²) in [6, 6.07) is 10.2. The van der Waals surface area contributed by atoms with Crippen molar-refractivity contribution in [2.45, 2.75) is 20.8 Å². The summed E-state index contributed by atoms with van der Waals surface area (Å²) in [7, 11) is 1.71. The molecule has 1 aliphatic heterocycles. The van der Waals surface area contributed by atoms with Gasteiger partial charge in [0, 0.05) is 17.3 Å². The van der Waals surface area contributed by atoms with Crippen LogP contribution in [0.25, 0.3) is 16.8 Å². The Kier molecular flexibility index (Phi) is 5.28. The molecule has 0 radical (unpaired) electrons. The summed E-state index contributed by atoms with van der Waals surface area (Å²) in [5.41, 5.74) is 6.17. The molecular formula is C23H30N5O+. The number of quaternary nitrogens is 1. The Labute approximate surface area is 172 Å². The first-order valence-electron chi connectivity index (χ1n) is 10.2. The van der Waals surface area contributed by atoms with Crippen LogP contribution in [0.3, 0.4) is 0 Å². The summed E-state index contributed by atoms with van der Waals surface area (Å²) in [4.78, 5) is 8.89. The summed E-state index contributed by atoms with van der Waals surface area (Å²) in [5.74, 6) is 1.96. The lowest BCUT2D eigenvalue weighted by Gasteiger charge is -2.33. The van der Waals surface area contributed by atoms with Gasteiger partial charge in [-0.25, -0.2) is 4.98 Å². The van der Waals surface area contributed by atoms with Crippen molar-refractivity contribution in [3.63, 3.8) is 0 Å². The third kappa shape index (κ3) is 3.72. The molecule has 0 aliphatic carbocycles. The topological polar surface area (TPSA) is 47.1 Å². The van der Waals surface area contributed by atoms with Gasteiger partial charge in [0.25, 0.3) is 0 Å². The third-order valence-corrected chi connectivity index (χ3v) is 5.60. The van der Waals surface area contributed by atoms with Gasteiger partial charge in [-0.3, -0.25) is 0 Å². The van der Waals surface area contributed by atoms with Crippen molar-refractivity contribution in [1.82, 2.24) is 14.6 Å². The van der Waals surface area contributed by atoms with Crippen LogP contribution in [0.4, 0.5) is 5.82 Å². The highest BCUT2D eigenvalue weighted by Crippen LogP contribution is 2.35. The predicted octanol–water partition coefficient (Wildman–Crippen LogP) is 2.30. The minimum absolute atomic E-state index is 0.840. The minimum atomic E-state index is 0.840. The Hall–Kier alpha value is -2.86. The van der Waals surface area contributed by atoms with Crippen LogP contribution in [0, 0.1) is 13.8 Å². The van der Waals surface area contributed by atoms with Crippen molar-refractivity contribution >= 4 is 11.5 Å². The van der Waals surface area contributed by atoms with E-state index in [2.05, 4.69) is 37.5 Å². The molecule has 0 bridgehead atoms. The van der Waals surface area contributed by atoms with Crippen LogP contribution in [0.2, 0.25) is 0 Å². The fourth-order valence-electron chi connectivity index (χ4n) is 4.27. The number of nitrogens with zero attached hydrogens (tertiary/aromatic N) is 4. The average molecular weight is 393 g/mol. The van der Waals surface area contributed by atoms with E-state index >= 15 is 0 Å². The van der Waals surface area contributed by atoms with E-state index in [9.17, 15) is 0 Å². The maximum Gasteiger partial charge on any atom is 0.165 e. The van der Waals surface area contributed by atoms with Gasteiger partial charge in [-0.05, 0) is 32.4 Å². The molecule has 0 amide bonds. The second-order valence-corrected chi connectivity index (χ2v) is 8.02. The fourth-order valence-corrected chi connectivity index (χ4v) is 4.27. The normalized spacial score (nSPS) is 15.1. The summed E-state index contributed by atoms with van der Waals surface area (Å²) < 4.78 is 7.62. The lowest BCUT2D eigenvalue weighted by molar-refractivity contribution is -0.895. The smallest absolute Gasteiger partial charge is 0.165 e. The van der Waals surface area contributed by atoms with Gasteiger partial charge in [0.2, 0.25) is 0 Å². The van der Waals surface area contributed by atoms with Gasteiger partial charge < -0.3 is 14.5 Å². The molecule has 29 heavy (non-hydrogen) atoms. The van der Waals surface area contributed by atoms with Crippen LogP contribution in [0.5, 0.6) is 5.75 Å². The standard InChI is InChI=1S/C23H29N5O/c1-16(2)15-26-10-12-27(13-11-26)21-14-17(3)24-23-22(18(4)25-28(21)23)19-8-6-7-9-20(19)29-5/h6-9,14H,1,10-13,15H2,2-5H3/p+1. The Morgan fingerprint density at radius 1 is 1.21 bits per heavy atom. The molecule has 1 fully saturated rings. The molecule has 1 aliphatic rings. The highest BCUT2D eigenvalue weighted by atomic mass is 16.5. The zero-order valence-electron chi connectivity index (χ0n) is 17.8. The monoisotopic (exact) mass is 392 g/mol. The second kappa shape index (κ2) is 7.87. The van der Waals surface area contributed by atoms with Gasteiger partial charge in [0.15, 0.2) is 5.65 Å². The van der Waals surface area contributed by atoms with Crippen molar-refractivity contribution in [3.8, 4) is 16.9 Å². The van der Waals surface area contributed by atoms with E-state index in [1.54, 1.807) is 12.0 Å². The molecular weight excluding hydrogens is 362 g/mol. The zero-order chi connectivity index (χ0) is 20.5. The number of fused-ring (bicyclic) bond motifs is 1. The largest absolute Gasteiger partial charge is 0.496 e. The number of aryl methyl sites for hydroxylation is 2. The first kappa shape index (κ1) is 19.5. The van der Waals surface area contributed by atoms with Crippen LogP contribution in [0.1, 0.15) is 18.3 Å². The van der Waals surface area contributed by atoms with E-state index in [1.165, 1.54) is 5.57 Å². The van der Waals surface area contributed by atoms with Crippen LogP contribution in [0.15, 0.2) is 42.5 Å². The summed E-state index contributed by atoms with van der Waals surface area (Å²) in [6.45, 7) is 15.6. The molecule has 1 aromatic carbocycles. The number of rotatable bonds is 5. The number of piperazine rings is 1. The number of hydrogen-bond donors (Lipinski definition) is 1. The van der Waals surface area contributed by atoms with Crippen molar-refractivity contribution in [2.75, 3.05) is 44.7 Å². The Morgan fingerprint density at radius 3 is 2.62 bits per heavy atom. The average Bonchev–Trinajstić information content (AvgIpc) is 3.03. The van der Waals surface area contributed by atoms with Gasteiger partial charge in [0.1, 0.15) is 11.6 Å². The SMILES string of the molecule is C=C(C)C[NH+]1CCN(c2cc(C)nc3c(-c4ccccc4OC)c(C)nn23)CC1. The van der Waals surface area contributed by atoms with Crippen LogP contribution in [-0.2, 0) is 0 Å². The molecule has 0 saturated carbocycles. The third-order valence-electron chi connectivity index (χ3n) is 5.60. The number of para-hydroxylation sites is 1. The van der Waals surface area contributed by atoms with E-state index in [-0.39, 0.29) is 0 Å². The van der Waals surface area contributed by atoms with Crippen LogP contribution in [-0.4, -0.2) is 54.4 Å². The van der Waals surface area contributed by atoms with E-state index in [4.69, 9.17) is 14.8 Å². The number of nitrogens with one attached hydrogen (secondary N) is 1. The first-order chi connectivity index (χ1) is 14.0. The molecule has 4 rings (SSSR count). The number of hydrogen-bond acceptors (Lipinski definition) is 4. The Balaban J connectivity index is 1.75. The second-order valence-electron chi connectivity index (χ2n) is 8.02. The molecule has 152 valence electrons. The molecule has 0 atom stereocenters. The van der Waals surface area contributed by atoms with Crippen molar-refractivity contribution in [3.05, 3.63) is 53.9 Å². The van der Waals surface area contributed by atoms with Crippen molar-refractivity contribution < 1.29 is 9.64 Å². The summed E-state index contributed by atoms with van der Waals surface area (Å²) in [6.07, 6.45) is 0. The van der Waals surface area contributed by atoms with E-state index in [1.807, 2.05) is 29.6 Å². The molecule has 3 aromatic rings. The quantitative estimate of drug-likeness (QED) is 0.677. The number of methoxy groups -OCH3 is 1. The molecule has 1 N–H and O–H groups in total. The van der Waals surface area contributed by atoms with Gasteiger partial charge in [-0.2, -0.15) is 9.61 Å².